The van der Waals surface area contributed by atoms with Crippen LogP contribution in [0, 0.1) is 0 Å². The molecule has 2 heterocycles. The van der Waals surface area contributed by atoms with Crippen LogP contribution in [0.1, 0.15) is 149 Å². The fourth-order valence-electron chi connectivity index (χ4n) is 6.80. The highest BCUT2D eigenvalue weighted by Gasteiger charge is 2.47. The van der Waals surface area contributed by atoms with E-state index in [0.717, 1.165) is 57.8 Å². The van der Waals surface area contributed by atoms with Gasteiger partial charge in [0.15, 0.2) is 18.7 Å². The van der Waals surface area contributed by atoms with Gasteiger partial charge in [0.25, 0.3) is 0 Å². The van der Waals surface area contributed by atoms with Gasteiger partial charge in [-0.1, -0.05) is 109 Å². The van der Waals surface area contributed by atoms with E-state index in [1.165, 1.54) is 51.4 Å². The quantitative estimate of drug-likeness (QED) is 0.0290. The molecule has 0 radical (unpaired) electrons. The molecule has 15 heteroatoms. The van der Waals surface area contributed by atoms with Crippen LogP contribution in [0.2, 0.25) is 0 Å². The molecule has 2 aliphatic rings. The molecular weight excluding hydrogens is 744 g/mol. The van der Waals surface area contributed by atoms with Gasteiger partial charge in [-0.2, -0.15) is 0 Å². The van der Waals surface area contributed by atoms with E-state index in [9.17, 15) is 45.3 Å². The van der Waals surface area contributed by atoms with Crippen LogP contribution in [0.25, 0.3) is 0 Å². The van der Waals surface area contributed by atoms with Crippen molar-refractivity contribution in [2.24, 2.45) is 0 Å². The van der Waals surface area contributed by atoms with Gasteiger partial charge in [0.05, 0.1) is 19.8 Å². The lowest BCUT2D eigenvalue weighted by Crippen LogP contribution is -2.61. The van der Waals surface area contributed by atoms with Crippen molar-refractivity contribution in [1.82, 2.24) is 0 Å². The first-order valence-electron chi connectivity index (χ1n) is 21.8. The van der Waals surface area contributed by atoms with Gasteiger partial charge in [0.2, 0.25) is 0 Å². The SMILES string of the molecule is CCCCCC/C=C/CCCCCCCC(=O)OC[C@H](CO[C@@H]1O[C@H](CO[C@@H]2O[C@H](CO)[C@H](O)C(O)C2O)[C@H](O)C(O)C1O)OC(=O)CCCCCCCCCC. The summed E-state index contributed by atoms with van der Waals surface area (Å²) in [5.41, 5.74) is 0. The van der Waals surface area contributed by atoms with Crippen molar-refractivity contribution in [3.63, 3.8) is 0 Å². The van der Waals surface area contributed by atoms with Crippen LogP contribution in [0.4, 0.5) is 0 Å². The average Bonchev–Trinajstić information content (AvgIpc) is 3.20. The number of allylic oxidation sites excluding steroid dienone is 2. The minimum atomic E-state index is -1.76. The predicted octanol–water partition coefficient (Wildman–Crippen LogP) is 3.87. The lowest BCUT2D eigenvalue weighted by molar-refractivity contribution is -0.332. The van der Waals surface area contributed by atoms with Gasteiger partial charge in [0.1, 0.15) is 55.4 Å². The molecule has 0 amide bonds. The summed E-state index contributed by atoms with van der Waals surface area (Å²) in [5.74, 6) is -0.939. The Morgan fingerprint density at radius 2 is 1.00 bits per heavy atom. The van der Waals surface area contributed by atoms with Crippen LogP contribution in [-0.4, -0.2) is 142 Å². The molecule has 334 valence electrons. The number of aliphatic hydroxyl groups excluding tert-OH is 7. The number of carbonyl (C=O) groups excluding carboxylic acids is 2. The van der Waals surface area contributed by atoms with Crippen LogP contribution < -0.4 is 0 Å². The second-order valence-corrected chi connectivity index (χ2v) is 15.5. The summed E-state index contributed by atoms with van der Waals surface area (Å²) in [5, 5.41) is 71.6. The minimum absolute atomic E-state index is 0.166. The summed E-state index contributed by atoms with van der Waals surface area (Å²) < 4.78 is 33.3. The Balaban J connectivity index is 1.86. The Hall–Kier alpha value is -1.76. The first-order chi connectivity index (χ1) is 27.5. The van der Waals surface area contributed by atoms with Crippen molar-refractivity contribution in [2.75, 3.05) is 26.4 Å². The molecule has 15 nitrogen and oxygen atoms in total. The van der Waals surface area contributed by atoms with E-state index in [1.807, 2.05) is 0 Å². The van der Waals surface area contributed by atoms with Gasteiger partial charge in [-0.05, 0) is 38.5 Å². The fraction of sp³-hybridized carbons (Fsp3) is 0.905. The van der Waals surface area contributed by atoms with Crippen molar-refractivity contribution in [2.45, 2.75) is 216 Å². The van der Waals surface area contributed by atoms with Gasteiger partial charge in [-0.3, -0.25) is 9.59 Å². The Labute approximate surface area is 340 Å². The molecule has 0 aromatic rings. The maximum absolute atomic E-state index is 12.8. The molecule has 2 aliphatic heterocycles. The number of aliphatic hydroxyl groups is 7. The van der Waals surface area contributed by atoms with Crippen LogP contribution in [0.3, 0.4) is 0 Å². The number of esters is 2. The topological polar surface area (TPSA) is 231 Å². The summed E-state index contributed by atoms with van der Waals surface area (Å²) in [6.45, 7) is 2.50. The van der Waals surface area contributed by atoms with E-state index in [1.54, 1.807) is 0 Å². The molecule has 0 spiro atoms. The van der Waals surface area contributed by atoms with Crippen LogP contribution in [0.5, 0.6) is 0 Å². The third-order valence-corrected chi connectivity index (χ3v) is 10.5. The molecule has 7 N–H and O–H groups in total. The van der Waals surface area contributed by atoms with Crippen LogP contribution in [-0.2, 0) is 38.0 Å². The molecule has 4 unspecified atom stereocenters. The normalized spacial score (nSPS) is 28.4. The van der Waals surface area contributed by atoms with E-state index >= 15 is 0 Å². The van der Waals surface area contributed by atoms with Crippen molar-refractivity contribution in [3.8, 4) is 0 Å². The highest BCUT2D eigenvalue weighted by molar-refractivity contribution is 5.70. The third kappa shape index (κ3) is 20.9. The Bertz CT molecular complexity index is 1060. The molecule has 0 aliphatic carbocycles. The molecule has 0 saturated carbocycles. The monoisotopic (exact) mass is 821 g/mol. The zero-order valence-corrected chi connectivity index (χ0v) is 34.6. The Kier molecular flexibility index (Phi) is 28.1. The van der Waals surface area contributed by atoms with Crippen molar-refractivity contribution in [3.05, 3.63) is 12.2 Å². The molecule has 0 bridgehead atoms. The van der Waals surface area contributed by atoms with E-state index in [-0.39, 0.29) is 26.1 Å². The molecule has 0 aromatic heterocycles. The van der Waals surface area contributed by atoms with Gasteiger partial charge >= 0.3 is 11.9 Å². The molecular formula is C42H76O15. The van der Waals surface area contributed by atoms with Crippen molar-refractivity contribution in [1.29, 1.82) is 0 Å². The third-order valence-electron chi connectivity index (χ3n) is 10.5. The molecule has 2 rings (SSSR count). The average molecular weight is 821 g/mol. The van der Waals surface area contributed by atoms with Crippen molar-refractivity contribution >= 4 is 11.9 Å². The van der Waals surface area contributed by atoms with Gasteiger partial charge in [0, 0.05) is 12.8 Å². The molecule has 2 fully saturated rings. The molecule has 2 saturated heterocycles. The number of hydrogen-bond acceptors (Lipinski definition) is 15. The maximum Gasteiger partial charge on any atom is 0.306 e. The number of carbonyl (C=O) groups is 2. The zero-order valence-electron chi connectivity index (χ0n) is 34.6. The zero-order chi connectivity index (χ0) is 41.8. The fourth-order valence-corrected chi connectivity index (χ4v) is 6.80. The first kappa shape index (κ1) is 51.4. The highest BCUT2D eigenvalue weighted by Crippen LogP contribution is 2.26. The largest absolute Gasteiger partial charge is 0.462 e. The van der Waals surface area contributed by atoms with Gasteiger partial charge in [-0.15, -0.1) is 0 Å². The second kappa shape index (κ2) is 31.2. The summed E-state index contributed by atoms with van der Waals surface area (Å²) >= 11 is 0. The summed E-state index contributed by atoms with van der Waals surface area (Å²) in [4.78, 5) is 25.5. The van der Waals surface area contributed by atoms with E-state index in [4.69, 9.17) is 28.4 Å². The summed E-state index contributed by atoms with van der Waals surface area (Å²) in [7, 11) is 0. The van der Waals surface area contributed by atoms with Crippen LogP contribution >= 0.6 is 0 Å². The van der Waals surface area contributed by atoms with Gasteiger partial charge in [-0.25, -0.2) is 0 Å². The standard InChI is InChI=1S/C42H76O15/c1-3-5-7-9-11-13-14-15-16-17-19-20-22-24-33(44)52-27-30(55-34(45)25-23-21-18-12-10-8-6-4-2)28-53-41-40(51)38(49)36(47)32(57-41)29-54-42-39(50)37(48)35(46)31(26-43)56-42/h13-14,30-32,35-43,46-51H,3-12,15-29H2,1-2H3/b14-13+/t30-,31-,32-,35+,36+,37?,38?,39?,40?,41-,42-/m1/s1. The number of ether oxygens (including phenoxy) is 6. The predicted molar refractivity (Wildman–Crippen MR) is 211 cm³/mol. The van der Waals surface area contributed by atoms with E-state index in [2.05, 4.69) is 26.0 Å². The summed E-state index contributed by atoms with van der Waals surface area (Å²) in [6, 6.07) is 0. The molecule has 11 atom stereocenters. The van der Waals surface area contributed by atoms with E-state index in [0.29, 0.717) is 12.8 Å². The van der Waals surface area contributed by atoms with Gasteiger partial charge < -0.3 is 64.2 Å². The Morgan fingerprint density at radius 1 is 0.544 bits per heavy atom. The summed E-state index contributed by atoms with van der Waals surface area (Å²) in [6.07, 6.45) is 8.52. The number of unbranched alkanes of at least 4 members (excludes halogenated alkanes) is 16. The first-order valence-corrected chi connectivity index (χ1v) is 21.8. The van der Waals surface area contributed by atoms with Crippen LogP contribution in [0.15, 0.2) is 12.2 Å². The number of rotatable bonds is 32. The molecule has 0 aromatic carbocycles. The van der Waals surface area contributed by atoms with E-state index < -0.39 is 92.7 Å². The smallest absolute Gasteiger partial charge is 0.306 e. The van der Waals surface area contributed by atoms with Crippen molar-refractivity contribution < 1.29 is 73.8 Å². The Morgan fingerprint density at radius 3 is 1.56 bits per heavy atom. The highest BCUT2D eigenvalue weighted by atomic mass is 16.7. The second-order valence-electron chi connectivity index (χ2n) is 15.5. The lowest BCUT2D eigenvalue weighted by Gasteiger charge is -2.42. The lowest BCUT2D eigenvalue weighted by atomic mass is 9.98. The maximum atomic E-state index is 12.8. The minimum Gasteiger partial charge on any atom is -0.462 e. The number of hydrogen-bond donors (Lipinski definition) is 7. The molecule has 57 heavy (non-hydrogen) atoms.